The summed E-state index contributed by atoms with van der Waals surface area (Å²) in [5, 5.41) is 0. The van der Waals surface area contributed by atoms with Crippen LogP contribution in [0.3, 0.4) is 0 Å². The van der Waals surface area contributed by atoms with E-state index >= 15 is 0 Å². The lowest BCUT2D eigenvalue weighted by atomic mass is 10.5. The molecule has 0 aromatic heterocycles. The molecule has 0 aliphatic carbocycles. The molecular formula is C4H7Cl2O. The van der Waals surface area contributed by atoms with Gasteiger partial charge in [-0.3, -0.25) is 0 Å². The minimum atomic E-state index is -1.08. The summed E-state index contributed by atoms with van der Waals surface area (Å²) in [7, 11) is 1.44. The van der Waals surface area contributed by atoms with Crippen LogP contribution >= 0.6 is 23.2 Å². The summed E-state index contributed by atoms with van der Waals surface area (Å²) in [6.45, 7) is 3.44. The summed E-state index contributed by atoms with van der Waals surface area (Å²) in [5.74, 6) is 0. The number of rotatable bonds is 2. The molecule has 0 bridgehead atoms. The average molecular weight is 142 g/mol. The maximum Gasteiger partial charge on any atom is 0.217 e. The Morgan fingerprint density at radius 3 is 2.14 bits per heavy atom. The normalized spacial score (nSPS) is 12.0. The van der Waals surface area contributed by atoms with E-state index in [4.69, 9.17) is 23.2 Å². The summed E-state index contributed by atoms with van der Waals surface area (Å²) in [6, 6.07) is 0. The Morgan fingerprint density at radius 1 is 1.71 bits per heavy atom. The lowest BCUT2D eigenvalue weighted by molar-refractivity contribution is 0.135. The van der Waals surface area contributed by atoms with Gasteiger partial charge < -0.3 is 4.74 Å². The van der Waals surface area contributed by atoms with Crippen molar-refractivity contribution in [2.75, 3.05) is 7.11 Å². The molecule has 0 aliphatic rings. The molecule has 0 aliphatic heterocycles. The van der Waals surface area contributed by atoms with Gasteiger partial charge in [-0.2, -0.15) is 0 Å². The zero-order valence-corrected chi connectivity index (χ0v) is 5.59. The molecule has 0 N–H and O–H groups in total. The number of hydrogen-bond donors (Lipinski definition) is 0. The molecule has 7 heavy (non-hydrogen) atoms. The lowest BCUT2D eigenvalue weighted by Crippen LogP contribution is -2.12. The van der Waals surface area contributed by atoms with E-state index in [9.17, 15) is 0 Å². The van der Waals surface area contributed by atoms with Crippen molar-refractivity contribution >= 4 is 23.2 Å². The second kappa shape index (κ2) is 2.75. The summed E-state index contributed by atoms with van der Waals surface area (Å²) < 4.78 is 3.47. The van der Waals surface area contributed by atoms with Gasteiger partial charge in [0.2, 0.25) is 4.52 Å². The van der Waals surface area contributed by atoms with Crippen LogP contribution in [0.25, 0.3) is 0 Å². The molecule has 0 rings (SSSR count). The molecule has 0 atom stereocenters. The van der Waals surface area contributed by atoms with E-state index in [0.717, 1.165) is 0 Å². The van der Waals surface area contributed by atoms with Gasteiger partial charge in [-0.15, -0.1) is 0 Å². The van der Waals surface area contributed by atoms with Crippen molar-refractivity contribution in [1.82, 2.24) is 0 Å². The molecule has 3 heteroatoms. The molecule has 0 amide bonds. The number of methoxy groups -OCH3 is 1. The Bertz CT molecular complexity index is 47.7. The molecule has 0 unspecified atom stereocenters. The largest absolute Gasteiger partial charge is 0.350 e. The second-order valence-electron chi connectivity index (χ2n) is 1.09. The van der Waals surface area contributed by atoms with Gasteiger partial charge in [-0.1, -0.05) is 23.2 Å². The van der Waals surface area contributed by atoms with Crippen LogP contribution in [0.4, 0.5) is 0 Å². The van der Waals surface area contributed by atoms with Crippen LogP contribution in [0.5, 0.6) is 0 Å². The molecule has 43 valence electrons. The minimum Gasteiger partial charge on any atom is -0.350 e. The minimum absolute atomic E-state index is 0.354. The molecule has 0 saturated carbocycles. The maximum atomic E-state index is 5.39. The van der Waals surface area contributed by atoms with Crippen molar-refractivity contribution in [3.05, 3.63) is 6.92 Å². The van der Waals surface area contributed by atoms with Crippen molar-refractivity contribution in [1.29, 1.82) is 0 Å². The Labute approximate surface area is 53.6 Å². The van der Waals surface area contributed by atoms with Gasteiger partial charge in [-0.25, -0.2) is 0 Å². The molecule has 0 heterocycles. The summed E-state index contributed by atoms with van der Waals surface area (Å²) >= 11 is 10.8. The third kappa shape index (κ3) is 3.15. The number of hydrogen-bond acceptors (Lipinski definition) is 1. The molecule has 1 radical (unpaired) electrons. The Hall–Kier alpha value is 0.540. The maximum absolute atomic E-state index is 5.39. The number of halogens is 2. The van der Waals surface area contributed by atoms with E-state index in [2.05, 4.69) is 11.7 Å². The third-order valence-electron chi connectivity index (χ3n) is 0.590. The highest BCUT2D eigenvalue weighted by Crippen LogP contribution is 2.24. The number of ether oxygens (including phenoxy) is 1. The van der Waals surface area contributed by atoms with E-state index in [1.165, 1.54) is 7.11 Å². The first-order valence-electron chi connectivity index (χ1n) is 1.84. The smallest absolute Gasteiger partial charge is 0.217 e. The molecule has 0 aromatic carbocycles. The predicted molar refractivity (Wildman–Crippen MR) is 31.4 cm³/mol. The van der Waals surface area contributed by atoms with Gasteiger partial charge in [0.1, 0.15) is 0 Å². The standard InChI is InChI=1S/C4H7Cl2O/c1-3-4(5,6)7-2/h1,3H2,2H3. The quantitative estimate of drug-likeness (QED) is 0.535. The van der Waals surface area contributed by atoms with E-state index in [0.29, 0.717) is 6.42 Å². The first-order valence-corrected chi connectivity index (χ1v) is 2.60. The van der Waals surface area contributed by atoms with Gasteiger partial charge in [0, 0.05) is 13.5 Å². The monoisotopic (exact) mass is 141 g/mol. The zero-order chi connectivity index (χ0) is 5.91. The highest BCUT2D eigenvalue weighted by molar-refractivity contribution is 6.47. The van der Waals surface area contributed by atoms with E-state index in [1.54, 1.807) is 0 Å². The van der Waals surface area contributed by atoms with Gasteiger partial charge in [-0.05, 0) is 6.92 Å². The first-order chi connectivity index (χ1) is 3.12. The molecule has 1 nitrogen and oxygen atoms in total. The van der Waals surface area contributed by atoms with Gasteiger partial charge in [0.25, 0.3) is 0 Å². The van der Waals surface area contributed by atoms with Gasteiger partial charge in [0.15, 0.2) is 0 Å². The summed E-state index contributed by atoms with van der Waals surface area (Å²) in [5.41, 5.74) is 0. The van der Waals surface area contributed by atoms with E-state index < -0.39 is 4.52 Å². The van der Waals surface area contributed by atoms with E-state index in [-0.39, 0.29) is 0 Å². The number of alkyl halides is 2. The van der Waals surface area contributed by atoms with Crippen molar-refractivity contribution in [2.24, 2.45) is 0 Å². The lowest BCUT2D eigenvalue weighted by Gasteiger charge is -2.12. The van der Waals surface area contributed by atoms with Crippen LogP contribution in [0.15, 0.2) is 0 Å². The highest BCUT2D eigenvalue weighted by Gasteiger charge is 2.18. The van der Waals surface area contributed by atoms with Gasteiger partial charge >= 0.3 is 0 Å². The zero-order valence-electron chi connectivity index (χ0n) is 4.08. The van der Waals surface area contributed by atoms with Crippen LogP contribution in [0.1, 0.15) is 6.42 Å². The third-order valence-corrected chi connectivity index (χ3v) is 1.28. The van der Waals surface area contributed by atoms with Crippen LogP contribution in [-0.2, 0) is 4.74 Å². The molecule has 0 spiro atoms. The Kier molecular flexibility index (Phi) is 2.96. The topological polar surface area (TPSA) is 9.23 Å². The fraction of sp³-hybridized carbons (Fsp3) is 0.750. The summed E-state index contributed by atoms with van der Waals surface area (Å²) in [4.78, 5) is 0. The van der Waals surface area contributed by atoms with Crippen LogP contribution in [-0.4, -0.2) is 11.6 Å². The molecule has 0 fully saturated rings. The fourth-order valence-electron chi connectivity index (χ4n) is 0.102. The van der Waals surface area contributed by atoms with Crippen molar-refractivity contribution in [3.63, 3.8) is 0 Å². The van der Waals surface area contributed by atoms with Crippen molar-refractivity contribution in [3.8, 4) is 0 Å². The van der Waals surface area contributed by atoms with Crippen LogP contribution < -0.4 is 0 Å². The van der Waals surface area contributed by atoms with Crippen molar-refractivity contribution in [2.45, 2.75) is 10.9 Å². The van der Waals surface area contributed by atoms with E-state index in [1.807, 2.05) is 0 Å². The molecule has 0 saturated heterocycles. The van der Waals surface area contributed by atoms with Gasteiger partial charge in [0.05, 0.1) is 0 Å². The second-order valence-corrected chi connectivity index (χ2v) is 2.51. The highest BCUT2D eigenvalue weighted by atomic mass is 35.5. The van der Waals surface area contributed by atoms with Crippen molar-refractivity contribution < 1.29 is 4.74 Å². The van der Waals surface area contributed by atoms with Crippen LogP contribution in [0, 0.1) is 6.92 Å². The Balaban J connectivity index is 3.36. The Morgan fingerprint density at radius 2 is 2.14 bits per heavy atom. The SMILES string of the molecule is [CH2]CC(Cl)(Cl)OC. The predicted octanol–water partition coefficient (Wildman–Crippen LogP) is 1.99. The van der Waals surface area contributed by atoms with Crippen LogP contribution in [0.2, 0.25) is 0 Å². The molecular weight excluding hydrogens is 135 g/mol. The average Bonchev–Trinajstić information content (AvgIpc) is 1.68. The molecule has 0 aromatic rings. The fourth-order valence-corrected chi connectivity index (χ4v) is 0.102. The first kappa shape index (κ1) is 7.54. The summed E-state index contributed by atoms with van der Waals surface area (Å²) in [6.07, 6.45) is 0.354.